The van der Waals surface area contributed by atoms with Crippen LogP contribution in [0.15, 0.2) is 6.07 Å². The number of thiophene rings is 1. The second kappa shape index (κ2) is 5.40. The summed E-state index contributed by atoms with van der Waals surface area (Å²) in [5, 5.41) is 2.91. The van der Waals surface area contributed by atoms with Gasteiger partial charge in [0.1, 0.15) is 0 Å². The van der Waals surface area contributed by atoms with Crippen LogP contribution in [0.4, 0.5) is 0 Å². The molecule has 4 heteroatoms. The molecule has 2 nitrogen and oxygen atoms in total. The number of aryl methyl sites for hydroxylation is 2. The standard InChI is InChI=1S/C13H18ClNOS/c1-8(2)10(14)7-15-13(16)12-6-9-4-3-5-11(9)17-12/h6,8,10H,3-5,7H2,1-2H3,(H,15,16). The highest BCUT2D eigenvalue weighted by Crippen LogP contribution is 2.30. The number of halogens is 1. The Morgan fingerprint density at radius 2 is 2.29 bits per heavy atom. The molecule has 0 saturated heterocycles. The van der Waals surface area contributed by atoms with Crippen LogP contribution < -0.4 is 5.32 Å². The van der Waals surface area contributed by atoms with Crippen molar-refractivity contribution in [2.45, 2.75) is 38.5 Å². The Balaban J connectivity index is 1.91. The number of hydrogen-bond acceptors (Lipinski definition) is 2. The van der Waals surface area contributed by atoms with E-state index in [-0.39, 0.29) is 11.3 Å². The molecule has 17 heavy (non-hydrogen) atoms. The van der Waals surface area contributed by atoms with Crippen molar-refractivity contribution in [1.82, 2.24) is 5.32 Å². The van der Waals surface area contributed by atoms with Crippen LogP contribution in [-0.2, 0) is 12.8 Å². The Kier molecular flexibility index (Phi) is 4.10. The zero-order valence-corrected chi connectivity index (χ0v) is 11.8. The van der Waals surface area contributed by atoms with Crippen LogP contribution in [0.5, 0.6) is 0 Å². The van der Waals surface area contributed by atoms with Crippen LogP contribution in [0.25, 0.3) is 0 Å². The van der Waals surface area contributed by atoms with E-state index < -0.39 is 0 Å². The molecule has 1 unspecified atom stereocenters. The topological polar surface area (TPSA) is 29.1 Å². The number of carbonyl (C=O) groups is 1. The van der Waals surface area contributed by atoms with Gasteiger partial charge in [-0.25, -0.2) is 0 Å². The third kappa shape index (κ3) is 3.02. The number of fused-ring (bicyclic) bond motifs is 1. The van der Waals surface area contributed by atoms with Crippen molar-refractivity contribution in [3.05, 3.63) is 21.4 Å². The summed E-state index contributed by atoms with van der Waals surface area (Å²) in [7, 11) is 0. The molecule has 94 valence electrons. The number of rotatable bonds is 4. The molecule has 0 saturated carbocycles. The summed E-state index contributed by atoms with van der Waals surface area (Å²) in [6, 6.07) is 2.04. The van der Waals surface area contributed by atoms with Crippen molar-refractivity contribution < 1.29 is 4.79 Å². The molecule has 1 aromatic heterocycles. The molecule has 0 radical (unpaired) electrons. The van der Waals surface area contributed by atoms with Gasteiger partial charge in [-0.05, 0) is 36.8 Å². The Labute approximate surface area is 111 Å². The van der Waals surface area contributed by atoms with Crippen molar-refractivity contribution in [2.75, 3.05) is 6.54 Å². The van der Waals surface area contributed by atoms with Crippen molar-refractivity contribution in [1.29, 1.82) is 0 Å². The van der Waals surface area contributed by atoms with Crippen LogP contribution in [-0.4, -0.2) is 17.8 Å². The van der Waals surface area contributed by atoms with E-state index in [0.29, 0.717) is 12.5 Å². The number of hydrogen-bond donors (Lipinski definition) is 1. The maximum atomic E-state index is 11.9. The molecule has 1 heterocycles. The van der Waals surface area contributed by atoms with Crippen molar-refractivity contribution in [2.24, 2.45) is 5.92 Å². The highest BCUT2D eigenvalue weighted by molar-refractivity contribution is 7.14. The Morgan fingerprint density at radius 3 is 2.94 bits per heavy atom. The fourth-order valence-electron chi connectivity index (χ4n) is 1.95. The first kappa shape index (κ1) is 12.9. The molecule has 1 aliphatic carbocycles. The van der Waals surface area contributed by atoms with E-state index in [1.165, 1.54) is 16.9 Å². The molecule has 0 aromatic carbocycles. The van der Waals surface area contributed by atoms with Gasteiger partial charge in [-0.3, -0.25) is 4.79 Å². The van der Waals surface area contributed by atoms with Gasteiger partial charge in [0, 0.05) is 11.4 Å². The Morgan fingerprint density at radius 1 is 1.53 bits per heavy atom. The lowest BCUT2D eigenvalue weighted by Crippen LogP contribution is -2.31. The number of amides is 1. The number of alkyl halides is 1. The first-order valence-electron chi connectivity index (χ1n) is 6.11. The predicted molar refractivity (Wildman–Crippen MR) is 73.2 cm³/mol. The van der Waals surface area contributed by atoms with Gasteiger partial charge in [0.25, 0.3) is 5.91 Å². The van der Waals surface area contributed by atoms with E-state index in [2.05, 4.69) is 19.2 Å². The highest BCUT2D eigenvalue weighted by Gasteiger charge is 2.19. The average Bonchev–Trinajstić information content (AvgIpc) is 2.84. The third-order valence-corrected chi connectivity index (χ3v) is 5.05. The van der Waals surface area contributed by atoms with Crippen molar-refractivity contribution in [3.63, 3.8) is 0 Å². The van der Waals surface area contributed by atoms with Crippen molar-refractivity contribution >= 4 is 28.8 Å². The fourth-order valence-corrected chi connectivity index (χ4v) is 3.20. The number of carbonyl (C=O) groups excluding carboxylic acids is 1. The van der Waals surface area contributed by atoms with Gasteiger partial charge in [-0.15, -0.1) is 22.9 Å². The second-order valence-electron chi connectivity index (χ2n) is 4.88. The zero-order valence-electron chi connectivity index (χ0n) is 10.3. The lowest BCUT2D eigenvalue weighted by atomic mass is 10.1. The number of nitrogens with one attached hydrogen (secondary N) is 1. The van der Waals surface area contributed by atoms with Crippen LogP contribution in [0, 0.1) is 5.92 Å². The molecule has 1 amide bonds. The summed E-state index contributed by atoms with van der Waals surface area (Å²) in [6.45, 7) is 4.66. The summed E-state index contributed by atoms with van der Waals surface area (Å²) < 4.78 is 0. The molecule has 0 spiro atoms. The van der Waals surface area contributed by atoms with Gasteiger partial charge in [-0.1, -0.05) is 13.8 Å². The van der Waals surface area contributed by atoms with E-state index in [9.17, 15) is 4.79 Å². The highest BCUT2D eigenvalue weighted by atomic mass is 35.5. The summed E-state index contributed by atoms with van der Waals surface area (Å²) in [6.07, 6.45) is 3.50. The smallest absolute Gasteiger partial charge is 0.261 e. The Hall–Kier alpha value is -0.540. The largest absolute Gasteiger partial charge is 0.350 e. The maximum absolute atomic E-state index is 11.9. The van der Waals surface area contributed by atoms with E-state index in [0.717, 1.165) is 17.7 Å². The first-order chi connectivity index (χ1) is 8.08. The maximum Gasteiger partial charge on any atom is 0.261 e. The monoisotopic (exact) mass is 271 g/mol. The normalized spacial score (nSPS) is 16.0. The second-order valence-corrected chi connectivity index (χ2v) is 6.58. The minimum atomic E-state index is 0.00533. The Bertz CT molecular complexity index is 392. The fraction of sp³-hybridized carbons (Fsp3) is 0.615. The first-order valence-corrected chi connectivity index (χ1v) is 7.37. The van der Waals surface area contributed by atoms with Gasteiger partial charge in [-0.2, -0.15) is 0 Å². The van der Waals surface area contributed by atoms with E-state index >= 15 is 0 Å². The minimum absolute atomic E-state index is 0.00533. The van der Waals surface area contributed by atoms with Gasteiger partial charge in [0.2, 0.25) is 0 Å². The third-order valence-electron chi connectivity index (χ3n) is 3.15. The van der Waals surface area contributed by atoms with E-state index in [4.69, 9.17) is 11.6 Å². The molecule has 1 aliphatic rings. The van der Waals surface area contributed by atoms with Crippen LogP contribution in [0.1, 0.15) is 40.4 Å². The summed E-state index contributed by atoms with van der Waals surface area (Å²) >= 11 is 7.75. The summed E-state index contributed by atoms with van der Waals surface area (Å²) in [5.41, 5.74) is 1.37. The lowest BCUT2D eigenvalue weighted by molar-refractivity contribution is 0.0956. The molecule has 1 atom stereocenters. The molecule has 2 rings (SSSR count). The molecule has 0 bridgehead atoms. The molecular formula is C13H18ClNOS. The summed E-state index contributed by atoms with van der Waals surface area (Å²) in [4.78, 5) is 14.1. The molecule has 0 fully saturated rings. The molecular weight excluding hydrogens is 254 g/mol. The van der Waals surface area contributed by atoms with Crippen LogP contribution in [0.3, 0.4) is 0 Å². The van der Waals surface area contributed by atoms with Gasteiger partial charge in [0.15, 0.2) is 0 Å². The predicted octanol–water partition coefficient (Wildman–Crippen LogP) is 3.23. The summed E-state index contributed by atoms with van der Waals surface area (Å²) in [5.74, 6) is 0.404. The van der Waals surface area contributed by atoms with E-state index in [1.54, 1.807) is 11.3 Å². The van der Waals surface area contributed by atoms with Crippen LogP contribution >= 0.6 is 22.9 Å². The average molecular weight is 272 g/mol. The SMILES string of the molecule is CC(C)C(Cl)CNC(=O)c1cc2c(s1)CCC2. The molecule has 1 aromatic rings. The quantitative estimate of drug-likeness (QED) is 0.837. The van der Waals surface area contributed by atoms with Gasteiger partial charge < -0.3 is 5.32 Å². The minimum Gasteiger partial charge on any atom is -0.350 e. The van der Waals surface area contributed by atoms with Gasteiger partial charge >= 0.3 is 0 Å². The zero-order chi connectivity index (χ0) is 12.4. The van der Waals surface area contributed by atoms with Gasteiger partial charge in [0.05, 0.1) is 10.3 Å². The van der Waals surface area contributed by atoms with E-state index in [1.807, 2.05) is 6.07 Å². The lowest BCUT2D eigenvalue weighted by Gasteiger charge is -2.13. The molecule has 0 aliphatic heterocycles. The van der Waals surface area contributed by atoms with Crippen molar-refractivity contribution in [3.8, 4) is 0 Å². The van der Waals surface area contributed by atoms with Crippen LogP contribution in [0.2, 0.25) is 0 Å². The molecule has 1 N–H and O–H groups in total.